The van der Waals surface area contributed by atoms with E-state index in [1.165, 1.54) is 16.7 Å². The third kappa shape index (κ3) is 2.33. The molecule has 0 fully saturated rings. The summed E-state index contributed by atoms with van der Waals surface area (Å²) in [6.45, 7) is 0.508. The molecule has 15 heavy (non-hydrogen) atoms. The maximum atomic E-state index is 5.95. The molecule has 0 spiro atoms. The van der Waals surface area contributed by atoms with Crippen LogP contribution >= 0.6 is 11.6 Å². The van der Waals surface area contributed by atoms with Gasteiger partial charge in [0.25, 0.3) is 0 Å². The fourth-order valence-corrected chi connectivity index (χ4v) is 1.97. The summed E-state index contributed by atoms with van der Waals surface area (Å²) < 4.78 is 5.49. The lowest BCUT2D eigenvalue weighted by molar-refractivity contribution is 0.362. The molecule has 0 bridgehead atoms. The summed E-state index contributed by atoms with van der Waals surface area (Å²) in [4.78, 5) is 0. The molecule has 0 aromatic heterocycles. The SMILES string of the molecule is N[C@H]1CCc2cc(OC/C=C/Cl)ccc21. The van der Waals surface area contributed by atoms with Gasteiger partial charge >= 0.3 is 0 Å². The molecule has 0 radical (unpaired) electrons. The van der Waals surface area contributed by atoms with Crippen molar-refractivity contribution < 1.29 is 4.74 Å². The fourth-order valence-electron chi connectivity index (χ4n) is 1.90. The second-order valence-electron chi connectivity index (χ2n) is 3.68. The summed E-state index contributed by atoms with van der Waals surface area (Å²) in [7, 11) is 0. The Labute approximate surface area is 94.7 Å². The van der Waals surface area contributed by atoms with Crippen LogP contribution in [0.15, 0.2) is 29.8 Å². The van der Waals surface area contributed by atoms with Crippen LogP contribution in [0.1, 0.15) is 23.6 Å². The van der Waals surface area contributed by atoms with Crippen LogP contribution < -0.4 is 10.5 Å². The summed E-state index contributed by atoms with van der Waals surface area (Å²) in [5.74, 6) is 0.887. The summed E-state index contributed by atoms with van der Waals surface area (Å²) in [6.07, 6.45) is 3.86. The quantitative estimate of drug-likeness (QED) is 0.855. The lowest BCUT2D eigenvalue weighted by Crippen LogP contribution is -2.05. The number of nitrogens with two attached hydrogens (primary N) is 1. The van der Waals surface area contributed by atoms with E-state index < -0.39 is 0 Å². The zero-order valence-corrected chi connectivity index (χ0v) is 9.20. The van der Waals surface area contributed by atoms with Crippen molar-refractivity contribution in [3.8, 4) is 5.75 Å². The minimum absolute atomic E-state index is 0.205. The molecule has 80 valence electrons. The van der Waals surface area contributed by atoms with E-state index in [2.05, 4.69) is 12.1 Å². The van der Waals surface area contributed by atoms with Crippen LogP contribution in [-0.2, 0) is 6.42 Å². The zero-order valence-electron chi connectivity index (χ0n) is 8.45. The molecule has 0 unspecified atom stereocenters. The largest absolute Gasteiger partial charge is 0.489 e. The Balaban J connectivity index is 2.09. The van der Waals surface area contributed by atoms with Crippen molar-refractivity contribution in [1.29, 1.82) is 0 Å². The van der Waals surface area contributed by atoms with Gasteiger partial charge in [0, 0.05) is 11.6 Å². The summed E-state index contributed by atoms with van der Waals surface area (Å²) in [6, 6.07) is 6.31. The molecular formula is C12H14ClNO. The van der Waals surface area contributed by atoms with Gasteiger partial charge in [-0.1, -0.05) is 17.7 Å². The van der Waals surface area contributed by atoms with E-state index in [4.69, 9.17) is 22.1 Å². The fraction of sp³-hybridized carbons (Fsp3) is 0.333. The summed E-state index contributed by atoms with van der Waals surface area (Å²) in [5, 5.41) is 0. The Morgan fingerprint density at radius 2 is 2.40 bits per heavy atom. The molecule has 1 atom stereocenters. The van der Waals surface area contributed by atoms with Gasteiger partial charge in [-0.2, -0.15) is 0 Å². The first kappa shape index (κ1) is 10.5. The number of benzene rings is 1. The average molecular weight is 224 g/mol. The minimum Gasteiger partial charge on any atom is -0.489 e. The van der Waals surface area contributed by atoms with E-state index in [1.54, 1.807) is 6.08 Å². The molecule has 1 aliphatic rings. The first-order valence-corrected chi connectivity index (χ1v) is 5.51. The number of halogens is 1. The van der Waals surface area contributed by atoms with E-state index in [0.29, 0.717) is 6.61 Å². The van der Waals surface area contributed by atoms with Crippen LogP contribution in [0.25, 0.3) is 0 Å². The second kappa shape index (κ2) is 4.69. The number of aryl methyl sites for hydroxylation is 1. The molecule has 0 amide bonds. The predicted octanol–water partition coefficient (Wildman–Crippen LogP) is 2.76. The highest BCUT2D eigenvalue weighted by Gasteiger charge is 2.18. The Kier molecular flexibility index (Phi) is 3.29. The van der Waals surface area contributed by atoms with E-state index in [9.17, 15) is 0 Å². The number of hydrogen-bond acceptors (Lipinski definition) is 2. The van der Waals surface area contributed by atoms with Crippen molar-refractivity contribution in [3.63, 3.8) is 0 Å². The van der Waals surface area contributed by atoms with E-state index >= 15 is 0 Å². The third-order valence-electron chi connectivity index (χ3n) is 2.67. The Morgan fingerprint density at radius 3 is 3.20 bits per heavy atom. The summed E-state index contributed by atoms with van der Waals surface area (Å²) >= 11 is 5.40. The monoisotopic (exact) mass is 223 g/mol. The zero-order chi connectivity index (χ0) is 10.7. The molecule has 0 aliphatic heterocycles. The van der Waals surface area contributed by atoms with Crippen LogP contribution in [0, 0.1) is 0 Å². The van der Waals surface area contributed by atoms with Crippen LogP contribution in [0.3, 0.4) is 0 Å². The highest BCUT2D eigenvalue weighted by molar-refractivity contribution is 6.25. The van der Waals surface area contributed by atoms with Gasteiger partial charge in [-0.15, -0.1) is 0 Å². The standard InChI is InChI=1S/C12H14ClNO/c13-6-1-7-15-10-3-4-11-9(8-10)2-5-12(11)14/h1,3-4,6,8,12H,2,5,7,14H2/b6-1+/t12-/m0/s1. The Morgan fingerprint density at radius 1 is 1.53 bits per heavy atom. The van der Waals surface area contributed by atoms with Crippen molar-refractivity contribution in [2.45, 2.75) is 18.9 Å². The molecule has 2 nitrogen and oxygen atoms in total. The predicted molar refractivity (Wildman–Crippen MR) is 62.2 cm³/mol. The van der Waals surface area contributed by atoms with Gasteiger partial charge in [0.05, 0.1) is 0 Å². The van der Waals surface area contributed by atoms with Crippen molar-refractivity contribution in [2.24, 2.45) is 5.73 Å². The molecule has 0 saturated heterocycles. The minimum atomic E-state index is 0.205. The number of hydrogen-bond donors (Lipinski definition) is 1. The van der Waals surface area contributed by atoms with Crippen molar-refractivity contribution in [2.75, 3.05) is 6.61 Å². The number of fused-ring (bicyclic) bond motifs is 1. The lowest BCUT2D eigenvalue weighted by atomic mass is 10.1. The Hall–Kier alpha value is -0.990. The average Bonchev–Trinajstić information content (AvgIpc) is 2.61. The summed E-state index contributed by atoms with van der Waals surface area (Å²) in [5.41, 5.74) is 9.98. The number of ether oxygens (including phenoxy) is 1. The molecule has 3 heteroatoms. The molecule has 1 aromatic rings. The first-order valence-electron chi connectivity index (χ1n) is 5.07. The van der Waals surface area contributed by atoms with Gasteiger partial charge < -0.3 is 10.5 Å². The van der Waals surface area contributed by atoms with Gasteiger partial charge in [-0.05, 0) is 42.2 Å². The number of rotatable bonds is 3. The van der Waals surface area contributed by atoms with Gasteiger partial charge in [0.15, 0.2) is 0 Å². The van der Waals surface area contributed by atoms with Crippen LogP contribution in [0.5, 0.6) is 5.75 Å². The van der Waals surface area contributed by atoms with Crippen molar-refractivity contribution in [1.82, 2.24) is 0 Å². The maximum absolute atomic E-state index is 5.95. The van der Waals surface area contributed by atoms with Gasteiger partial charge in [0.2, 0.25) is 0 Å². The highest BCUT2D eigenvalue weighted by Crippen LogP contribution is 2.31. The van der Waals surface area contributed by atoms with Gasteiger partial charge in [-0.3, -0.25) is 0 Å². The van der Waals surface area contributed by atoms with E-state index in [-0.39, 0.29) is 6.04 Å². The third-order valence-corrected chi connectivity index (χ3v) is 2.85. The highest BCUT2D eigenvalue weighted by atomic mass is 35.5. The van der Waals surface area contributed by atoms with Gasteiger partial charge in [-0.25, -0.2) is 0 Å². The normalized spacial score (nSPS) is 19.5. The van der Waals surface area contributed by atoms with E-state index in [1.807, 2.05) is 6.07 Å². The molecule has 2 N–H and O–H groups in total. The maximum Gasteiger partial charge on any atom is 0.120 e. The molecule has 0 heterocycles. The van der Waals surface area contributed by atoms with Crippen LogP contribution in [0.4, 0.5) is 0 Å². The van der Waals surface area contributed by atoms with Crippen molar-refractivity contribution in [3.05, 3.63) is 40.9 Å². The van der Waals surface area contributed by atoms with Gasteiger partial charge in [0.1, 0.15) is 12.4 Å². The smallest absolute Gasteiger partial charge is 0.120 e. The first-order chi connectivity index (χ1) is 7.31. The molecule has 1 aromatic carbocycles. The molecule has 0 saturated carbocycles. The van der Waals surface area contributed by atoms with Crippen molar-refractivity contribution >= 4 is 11.6 Å². The lowest BCUT2D eigenvalue weighted by Gasteiger charge is -2.07. The molecular weight excluding hydrogens is 210 g/mol. The molecule has 2 rings (SSSR count). The van der Waals surface area contributed by atoms with Crippen LogP contribution in [-0.4, -0.2) is 6.61 Å². The van der Waals surface area contributed by atoms with E-state index in [0.717, 1.165) is 18.6 Å². The second-order valence-corrected chi connectivity index (χ2v) is 3.93. The topological polar surface area (TPSA) is 35.2 Å². The molecule has 1 aliphatic carbocycles. The Bertz CT molecular complexity index is 376. The van der Waals surface area contributed by atoms with Crippen LogP contribution in [0.2, 0.25) is 0 Å².